The molecule has 94 valence electrons. The zero-order chi connectivity index (χ0) is 13.2. The molecule has 1 heterocycles. The van der Waals surface area contributed by atoms with Crippen molar-refractivity contribution >= 4 is 5.91 Å². The maximum absolute atomic E-state index is 11.9. The van der Waals surface area contributed by atoms with Crippen LogP contribution in [0.1, 0.15) is 36.8 Å². The highest BCUT2D eigenvalue weighted by Crippen LogP contribution is 2.09. The number of pyridine rings is 1. The van der Waals surface area contributed by atoms with Gasteiger partial charge in [0.25, 0.3) is 5.91 Å². The number of hydrogen-bond donors (Lipinski definition) is 3. The minimum atomic E-state index is -0.783. The van der Waals surface area contributed by atoms with E-state index >= 15 is 0 Å². The number of aromatic nitrogens is 1. The Morgan fingerprint density at radius 1 is 1.53 bits per heavy atom. The van der Waals surface area contributed by atoms with Gasteiger partial charge >= 0.3 is 0 Å². The van der Waals surface area contributed by atoms with Crippen LogP contribution in [0.2, 0.25) is 0 Å². The van der Waals surface area contributed by atoms with E-state index in [1.54, 1.807) is 27.7 Å². The molecule has 0 aromatic carbocycles. The lowest BCUT2D eigenvalue weighted by Gasteiger charge is -2.29. The van der Waals surface area contributed by atoms with Crippen LogP contribution >= 0.6 is 0 Å². The molecule has 1 atom stereocenters. The smallest absolute Gasteiger partial charge is 0.257 e. The van der Waals surface area contributed by atoms with Crippen LogP contribution in [0, 0.1) is 6.92 Å². The summed E-state index contributed by atoms with van der Waals surface area (Å²) in [6, 6.07) is 1.37. The molecule has 3 N–H and O–H groups in total. The van der Waals surface area contributed by atoms with Crippen LogP contribution in [0.4, 0.5) is 0 Å². The van der Waals surface area contributed by atoms with Gasteiger partial charge in [-0.15, -0.1) is 0 Å². The Bertz CT molecular complexity index is 475. The second-order valence-corrected chi connectivity index (χ2v) is 4.75. The molecule has 1 aromatic heterocycles. The van der Waals surface area contributed by atoms with E-state index in [9.17, 15) is 14.7 Å². The normalized spacial score (nSPS) is 13.2. The number of aliphatic hydroxyl groups excluding tert-OH is 1. The average Bonchev–Trinajstić information content (AvgIpc) is 2.15. The molecule has 5 heteroatoms. The summed E-state index contributed by atoms with van der Waals surface area (Å²) in [5.41, 5.74) is -0.375. The first-order chi connectivity index (χ1) is 7.74. The van der Waals surface area contributed by atoms with Gasteiger partial charge in [0.2, 0.25) is 0 Å². The van der Waals surface area contributed by atoms with Crippen molar-refractivity contribution in [2.75, 3.05) is 0 Å². The number of nitrogens with one attached hydrogen (secondary N) is 2. The zero-order valence-electron chi connectivity index (χ0n) is 10.5. The van der Waals surface area contributed by atoms with Crippen molar-refractivity contribution in [2.45, 2.75) is 39.3 Å². The van der Waals surface area contributed by atoms with Crippen molar-refractivity contribution in [2.24, 2.45) is 0 Å². The van der Waals surface area contributed by atoms with E-state index in [2.05, 4.69) is 10.3 Å². The molecule has 1 aromatic rings. The summed E-state index contributed by atoms with van der Waals surface area (Å²) in [5, 5.41) is 12.1. The van der Waals surface area contributed by atoms with E-state index in [1.807, 2.05) is 0 Å². The van der Waals surface area contributed by atoms with Gasteiger partial charge in [0.15, 0.2) is 5.43 Å². The molecule has 0 bridgehead atoms. The third-order valence-electron chi connectivity index (χ3n) is 2.78. The molecule has 1 amide bonds. The molecule has 0 spiro atoms. The van der Waals surface area contributed by atoms with E-state index < -0.39 is 17.6 Å². The Labute approximate surface area is 99.9 Å². The minimum absolute atomic E-state index is 0.0457. The summed E-state index contributed by atoms with van der Waals surface area (Å²) in [4.78, 5) is 26.3. The number of hydrogen-bond acceptors (Lipinski definition) is 3. The number of carbonyl (C=O) groups excluding carboxylic acids is 1. The van der Waals surface area contributed by atoms with Crippen LogP contribution in [0.5, 0.6) is 0 Å². The zero-order valence-corrected chi connectivity index (χ0v) is 10.5. The van der Waals surface area contributed by atoms with Gasteiger partial charge in [-0.3, -0.25) is 9.59 Å². The predicted octanol–water partition coefficient (Wildman–Crippen LogP) is 0.573. The molecule has 0 radical (unpaired) electrons. The number of aryl methyl sites for hydroxylation is 1. The highest BCUT2D eigenvalue weighted by molar-refractivity contribution is 5.94. The molecule has 0 aliphatic rings. The lowest BCUT2D eigenvalue weighted by molar-refractivity contribution is 0.0708. The van der Waals surface area contributed by atoms with Crippen molar-refractivity contribution in [3.8, 4) is 0 Å². The number of amides is 1. The van der Waals surface area contributed by atoms with Crippen LogP contribution < -0.4 is 10.7 Å². The topological polar surface area (TPSA) is 82.2 Å². The first kappa shape index (κ1) is 13.4. The molecule has 0 aliphatic heterocycles. The molecule has 0 saturated heterocycles. The Hall–Kier alpha value is -1.62. The molecule has 0 saturated carbocycles. The van der Waals surface area contributed by atoms with Gasteiger partial charge in [0.1, 0.15) is 5.56 Å². The van der Waals surface area contributed by atoms with Crippen LogP contribution in [0.3, 0.4) is 0 Å². The van der Waals surface area contributed by atoms with Crippen molar-refractivity contribution in [3.63, 3.8) is 0 Å². The fourth-order valence-corrected chi connectivity index (χ4v) is 1.22. The molecular formula is C12H18N2O3. The second-order valence-electron chi connectivity index (χ2n) is 4.75. The third kappa shape index (κ3) is 3.17. The van der Waals surface area contributed by atoms with Crippen LogP contribution in [0.15, 0.2) is 17.1 Å². The molecule has 0 aliphatic carbocycles. The summed E-state index contributed by atoms with van der Waals surface area (Å²) in [6.45, 7) is 6.71. The number of carbonyl (C=O) groups is 1. The molecule has 5 nitrogen and oxygen atoms in total. The van der Waals surface area contributed by atoms with Gasteiger partial charge in [-0.1, -0.05) is 0 Å². The van der Waals surface area contributed by atoms with Crippen LogP contribution in [-0.4, -0.2) is 27.6 Å². The SMILES string of the molecule is Cc1cc(=O)c(C(=O)NC(C)(C)C(C)O)c[nH]1. The molecule has 0 fully saturated rings. The lowest BCUT2D eigenvalue weighted by atomic mass is 9.98. The van der Waals surface area contributed by atoms with Gasteiger partial charge in [-0.25, -0.2) is 0 Å². The van der Waals surface area contributed by atoms with E-state index in [0.717, 1.165) is 0 Å². The maximum atomic E-state index is 11.9. The van der Waals surface area contributed by atoms with Crippen LogP contribution in [0.25, 0.3) is 0 Å². The molecule has 1 rings (SSSR count). The summed E-state index contributed by atoms with van der Waals surface area (Å²) in [6.07, 6.45) is 0.668. The van der Waals surface area contributed by atoms with Gasteiger partial charge in [-0.05, 0) is 27.7 Å². The van der Waals surface area contributed by atoms with Gasteiger partial charge in [0, 0.05) is 18.0 Å². The van der Waals surface area contributed by atoms with Crippen molar-refractivity contribution in [1.29, 1.82) is 0 Å². The molecule has 1 unspecified atom stereocenters. The average molecular weight is 238 g/mol. The quantitative estimate of drug-likeness (QED) is 0.720. The Morgan fingerprint density at radius 2 is 2.12 bits per heavy atom. The fourth-order valence-electron chi connectivity index (χ4n) is 1.22. The van der Waals surface area contributed by atoms with Gasteiger partial charge < -0.3 is 15.4 Å². The predicted molar refractivity (Wildman–Crippen MR) is 65.0 cm³/mol. The third-order valence-corrected chi connectivity index (χ3v) is 2.78. The van der Waals surface area contributed by atoms with Crippen molar-refractivity contribution in [1.82, 2.24) is 10.3 Å². The summed E-state index contributed by atoms with van der Waals surface area (Å²) in [5.74, 6) is -0.489. The Kier molecular flexibility index (Phi) is 3.72. The van der Waals surface area contributed by atoms with Crippen molar-refractivity contribution < 1.29 is 9.90 Å². The summed E-state index contributed by atoms with van der Waals surface area (Å²) >= 11 is 0. The van der Waals surface area contributed by atoms with Crippen molar-refractivity contribution in [3.05, 3.63) is 33.7 Å². The largest absolute Gasteiger partial charge is 0.391 e. The number of aromatic amines is 1. The number of rotatable bonds is 3. The summed E-state index contributed by atoms with van der Waals surface area (Å²) < 4.78 is 0. The first-order valence-electron chi connectivity index (χ1n) is 5.44. The lowest BCUT2D eigenvalue weighted by Crippen LogP contribution is -2.51. The molecular weight excluding hydrogens is 220 g/mol. The van der Waals surface area contributed by atoms with E-state index in [-0.39, 0.29) is 11.0 Å². The fraction of sp³-hybridized carbons (Fsp3) is 0.500. The van der Waals surface area contributed by atoms with Crippen LogP contribution in [-0.2, 0) is 0 Å². The van der Waals surface area contributed by atoms with E-state index in [0.29, 0.717) is 5.69 Å². The van der Waals surface area contributed by atoms with Gasteiger partial charge in [0.05, 0.1) is 11.6 Å². The Balaban J connectivity index is 2.95. The highest BCUT2D eigenvalue weighted by atomic mass is 16.3. The molecule has 17 heavy (non-hydrogen) atoms. The second kappa shape index (κ2) is 4.71. The summed E-state index contributed by atoms with van der Waals surface area (Å²) in [7, 11) is 0. The monoisotopic (exact) mass is 238 g/mol. The first-order valence-corrected chi connectivity index (χ1v) is 5.44. The van der Waals surface area contributed by atoms with E-state index in [1.165, 1.54) is 12.3 Å². The standard InChI is InChI=1S/C12H18N2O3/c1-7-5-10(16)9(6-13-7)11(17)14-12(3,4)8(2)15/h5-6,8,15H,1-4H3,(H,13,16)(H,14,17). The van der Waals surface area contributed by atoms with Gasteiger partial charge in [-0.2, -0.15) is 0 Å². The minimum Gasteiger partial charge on any atom is -0.391 e. The Morgan fingerprint density at radius 3 is 2.59 bits per heavy atom. The van der Waals surface area contributed by atoms with E-state index in [4.69, 9.17) is 0 Å². The maximum Gasteiger partial charge on any atom is 0.257 e. The number of H-pyrrole nitrogens is 1. The highest BCUT2D eigenvalue weighted by Gasteiger charge is 2.27. The number of aliphatic hydroxyl groups is 1.